The third-order valence-electron chi connectivity index (χ3n) is 6.01. The second-order valence-electron chi connectivity index (χ2n) is 8.46. The van der Waals surface area contributed by atoms with Gasteiger partial charge >= 0.3 is 0 Å². The molecule has 4 heterocycles. The molecule has 1 unspecified atom stereocenters. The summed E-state index contributed by atoms with van der Waals surface area (Å²) in [7, 11) is 0. The Morgan fingerprint density at radius 1 is 1.19 bits per heavy atom. The van der Waals surface area contributed by atoms with Crippen LogP contribution in [0.2, 0.25) is 0 Å². The van der Waals surface area contributed by atoms with Crippen LogP contribution in [-0.2, 0) is 5.54 Å². The van der Waals surface area contributed by atoms with Gasteiger partial charge in [0.2, 0.25) is 5.95 Å². The second kappa shape index (κ2) is 8.67. The van der Waals surface area contributed by atoms with Gasteiger partial charge in [0.05, 0.1) is 6.54 Å². The van der Waals surface area contributed by atoms with Crippen molar-refractivity contribution >= 4 is 40.1 Å². The summed E-state index contributed by atoms with van der Waals surface area (Å²) < 4.78 is 0. The van der Waals surface area contributed by atoms with E-state index in [1.165, 1.54) is 4.88 Å². The molecule has 164 valence electrons. The number of hydrogen-bond donors (Lipinski definition) is 1. The zero-order valence-electron chi connectivity index (χ0n) is 18.1. The molecule has 2 aromatic heterocycles. The molecule has 0 saturated carbocycles. The largest absolute Gasteiger partial charge is 0.338 e. The van der Waals surface area contributed by atoms with E-state index in [2.05, 4.69) is 46.6 Å². The maximum Gasteiger partial charge on any atom is 0.257 e. The second-order valence-corrected chi connectivity index (χ2v) is 10.4. The normalized spacial score (nSPS) is 22.5. The first-order valence-electron chi connectivity index (χ1n) is 10.8. The molecule has 1 saturated heterocycles. The molecule has 1 N–H and O–H groups in total. The highest BCUT2D eigenvalue weighted by atomic mass is 32.2. The smallest absolute Gasteiger partial charge is 0.257 e. The highest BCUT2D eigenvalue weighted by molar-refractivity contribution is 8.13. The van der Waals surface area contributed by atoms with Crippen molar-refractivity contribution < 1.29 is 4.79 Å². The van der Waals surface area contributed by atoms with Gasteiger partial charge in [-0.05, 0) is 35.6 Å². The van der Waals surface area contributed by atoms with Gasteiger partial charge in [-0.3, -0.25) is 4.79 Å². The lowest BCUT2D eigenvalue weighted by Gasteiger charge is -2.34. The molecule has 0 aliphatic carbocycles. The summed E-state index contributed by atoms with van der Waals surface area (Å²) in [5, 5.41) is 5.82. The maximum atomic E-state index is 12.7. The van der Waals surface area contributed by atoms with Gasteiger partial charge in [-0.2, -0.15) is 0 Å². The summed E-state index contributed by atoms with van der Waals surface area (Å²) in [6, 6.07) is 15.5. The quantitative estimate of drug-likeness (QED) is 0.616. The number of nitrogens with zero attached hydrogens (tertiary/aromatic N) is 4. The fourth-order valence-corrected chi connectivity index (χ4v) is 6.36. The Hall–Kier alpha value is -2.71. The summed E-state index contributed by atoms with van der Waals surface area (Å²) in [5.74, 6) is 2.18. The van der Waals surface area contributed by atoms with Gasteiger partial charge in [0.25, 0.3) is 5.91 Å². The van der Waals surface area contributed by atoms with Gasteiger partial charge in [0.15, 0.2) is 5.17 Å². The third-order valence-corrected chi connectivity index (χ3v) is 8.09. The zero-order chi connectivity index (χ0) is 22.1. The summed E-state index contributed by atoms with van der Waals surface area (Å²) in [6.07, 6.45) is 1.85. The molecule has 2 aliphatic heterocycles. The summed E-state index contributed by atoms with van der Waals surface area (Å²) >= 11 is 3.34. The molecule has 1 amide bonds. The van der Waals surface area contributed by atoms with E-state index in [1.807, 2.05) is 42.6 Å². The first-order valence-corrected chi connectivity index (χ1v) is 12.6. The molecule has 32 heavy (non-hydrogen) atoms. The predicted molar refractivity (Wildman–Crippen MR) is 132 cm³/mol. The standard InChI is InChI=1S/C24H25N5OS2/c1-16(2)19-10-11-25-22(26-19)29-13-18-14-32-23(27-21(30)17-7-4-3-5-8-17)28-24(18,15-29)20-9-6-12-31-20/h3-12,16,18H,13-15H2,1-2H3,(H,27,28,30)/t18-,24?/m0/s1. The number of nitrogens with one attached hydrogen (secondary N) is 1. The topological polar surface area (TPSA) is 70.5 Å². The number of amides is 1. The molecule has 2 atom stereocenters. The number of carbonyl (C=O) groups excluding carboxylic acids is 1. The number of carbonyl (C=O) groups is 1. The average molecular weight is 464 g/mol. The zero-order valence-corrected chi connectivity index (χ0v) is 19.7. The Morgan fingerprint density at radius 3 is 2.78 bits per heavy atom. The Labute approximate surface area is 196 Å². The van der Waals surface area contributed by atoms with Gasteiger partial charge < -0.3 is 10.2 Å². The number of rotatable bonds is 4. The molecule has 1 fully saturated rings. The molecule has 5 rings (SSSR count). The number of fused-ring (bicyclic) bond motifs is 1. The van der Waals surface area contributed by atoms with Crippen LogP contribution in [0.3, 0.4) is 0 Å². The van der Waals surface area contributed by atoms with Crippen LogP contribution in [0.5, 0.6) is 0 Å². The number of anilines is 1. The number of amidine groups is 1. The van der Waals surface area contributed by atoms with Crippen LogP contribution in [0.1, 0.15) is 40.7 Å². The first-order chi connectivity index (χ1) is 15.5. The van der Waals surface area contributed by atoms with E-state index in [4.69, 9.17) is 9.98 Å². The van der Waals surface area contributed by atoms with Crippen LogP contribution >= 0.6 is 23.1 Å². The molecule has 0 radical (unpaired) electrons. The minimum Gasteiger partial charge on any atom is -0.338 e. The van der Waals surface area contributed by atoms with E-state index in [0.29, 0.717) is 29.1 Å². The molecule has 0 bridgehead atoms. The van der Waals surface area contributed by atoms with E-state index in [9.17, 15) is 4.79 Å². The van der Waals surface area contributed by atoms with Crippen molar-refractivity contribution in [2.24, 2.45) is 10.9 Å². The lowest BCUT2D eigenvalue weighted by molar-refractivity contribution is 0.0977. The van der Waals surface area contributed by atoms with Gasteiger partial charge in [-0.25, -0.2) is 15.0 Å². The number of benzene rings is 1. The van der Waals surface area contributed by atoms with Crippen molar-refractivity contribution in [3.63, 3.8) is 0 Å². The fraction of sp³-hybridized carbons (Fsp3) is 0.333. The van der Waals surface area contributed by atoms with E-state index in [1.54, 1.807) is 23.1 Å². The van der Waals surface area contributed by atoms with Crippen molar-refractivity contribution in [1.82, 2.24) is 15.3 Å². The molecule has 8 heteroatoms. The average Bonchev–Trinajstić information content (AvgIpc) is 3.48. The molecule has 1 aromatic carbocycles. The lowest BCUT2D eigenvalue weighted by Crippen LogP contribution is -2.42. The summed E-state index contributed by atoms with van der Waals surface area (Å²) in [6.45, 7) is 5.83. The van der Waals surface area contributed by atoms with Crippen LogP contribution in [0, 0.1) is 5.92 Å². The van der Waals surface area contributed by atoms with E-state index in [-0.39, 0.29) is 5.91 Å². The van der Waals surface area contributed by atoms with Crippen molar-refractivity contribution in [2.75, 3.05) is 23.7 Å². The molecule has 0 spiro atoms. The van der Waals surface area contributed by atoms with Crippen molar-refractivity contribution in [3.8, 4) is 0 Å². The molecular weight excluding hydrogens is 438 g/mol. The van der Waals surface area contributed by atoms with Gasteiger partial charge in [0.1, 0.15) is 5.54 Å². The van der Waals surface area contributed by atoms with Crippen LogP contribution in [0.4, 0.5) is 5.95 Å². The van der Waals surface area contributed by atoms with Crippen molar-refractivity contribution in [1.29, 1.82) is 0 Å². The SMILES string of the molecule is CC(C)c1ccnc(N2C[C@H]3CSC(NC(=O)c4ccccc4)=NC3(c3cccs3)C2)n1. The molecule has 2 aliphatic rings. The Morgan fingerprint density at radius 2 is 2.03 bits per heavy atom. The summed E-state index contributed by atoms with van der Waals surface area (Å²) in [4.78, 5) is 30.8. The minimum atomic E-state index is -0.407. The highest BCUT2D eigenvalue weighted by Crippen LogP contribution is 2.47. The van der Waals surface area contributed by atoms with Crippen molar-refractivity contribution in [2.45, 2.75) is 25.3 Å². The lowest BCUT2D eigenvalue weighted by atomic mass is 9.87. The van der Waals surface area contributed by atoms with Crippen LogP contribution < -0.4 is 10.2 Å². The van der Waals surface area contributed by atoms with Crippen LogP contribution in [0.15, 0.2) is 65.1 Å². The minimum absolute atomic E-state index is 0.126. The Bertz CT molecular complexity index is 1130. The van der Waals surface area contributed by atoms with Crippen molar-refractivity contribution in [3.05, 3.63) is 76.2 Å². The monoisotopic (exact) mass is 463 g/mol. The third kappa shape index (κ3) is 3.93. The van der Waals surface area contributed by atoms with Gasteiger partial charge in [-0.1, -0.05) is 49.9 Å². The number of thiophene rings is 1. The van der Waals surface area contributed by atoms with E-state index in [0.717, 1.165) is 23.9 Å². The Balaban J connectivity index is 1.47. The van der Waals surface area contributed by atoms with Gasteiger partial charge in [0, 0.05) is 40.5 Å². The van der Waals surface area contributed by atoms with Crippen LogP contribution in [0.25, 0.3) is 0 Å². The number of thioether (sulfide) groups is 1. The molecule has 3 aromatic rings. The highest BCUT2D eigenvalue weighted by Gasteiger charge is 2.51. The van der Waals surface area contributed by atoms with E-state index >= 15 is 0 Å². The number of aliphatic imine (C=N–C) groups is 1. The summed E-state index contributed by atoms with van der Waals surface area (Å²) in [5.41, 5.74) is 1.27. The Kier molecular flexibility index (Phi) is 5.73. The number of hydrogen-bond acceptors (Lipinski definition) is 7. The van der Waals surface area contributed by atoms with E-state index < -0.39 is 5.54 Å². The van der Waals surface area contributed by atoms with Gasteiger partial charge in [-0.15, -0.1) is 11.3 Å². The number of aromatic nitrogens is 2. The molecule has 6 nitrogen and oxygen atoms in total. The predicted octanol–water partition coefficient (Wildman–Crippen LogP) is 4.53. The van der Waals surface area contributed by atoms with Crippen LogP contribution in [-0.4, -0.2) is 39.9 Å². The molecular formula is C24H25N5OS2. The first kappa shape index (κ1) is 21.2. The fourth-order valence-electron chi connectivity index (χ4n) is 4.28. The maximum absolute atomic E-state index is 12.7.